The molecule has 0 spiro atoms. The molecule has 9 heteroatoms. The maximum Gasteiger partial charge on any atom is 0.256 e. The van der Waals surface area contributed by atoms with Crippen molar-refractivity contribution in [2.24, 2.45) is 12.8 Å². The van der Waals surface area contributed by atoms with Crippen LogP contribution in [-0.2, 0) is 7.05 Å². The topological polar surface area (TPSA) is 102 Å². The number of carbonyl (C=O) groups excluding carboxylic acids is 1. The molecule has 0 aliphatic rings. The average molecular weight is 532 g/mol. The van der Waals surface area contributed by atoms with Gasteiger partial charge in [-0.2, -0.15) is 0 Å². The number of benzene rings is 2. The Balaban J connectivity index is 1.88. The van der Waals surface area contributed by atoms with Crippen LogP contribution in [0.3, 0.4) is 0 Å². The smallest absolute Gasteiger partial charge is 0.256 e. The van der Waals surface area contributed by atoms with E-state index in [9.17, 15) is 14.0 Å². The van der Waals surface area contributed by atoms with Gasteiger partial charge in [-0.25, -0.2) is 4.39 Å². The number of aromatic nitrogens is 2. The Labute approximate surface area is 190 Å². The molecule has 0 aliphatic heterocycles. The Kier molecular flexibility index (Phi) is 5.44. The Morgan fingerprint density at radius 3 is 2.68 bits per heavy atom. The van der Waals surface area contributed by atoms with Crippen LogP contribution in [0, 0.1) is 16.3 Å². The SMILES string of the molecule is Cc1cc(Oc2cc(=O)n(C)c(Nc3ccc(I)cc3F)c2C(N)=O)c2cc[nH]c2c1. The lowest BCUT2D eigenvalue weighted by Crippen LogP contribution is -2.25. The number of halogens is 2. The lowest BCUT2D eigenvalue weighted by Gasteiger charge is -2.18. The highest BCUT2D eigenvalue weighted by Crippen LogP contribution is 2.35. The number of primary amides is 1. The summed E-state index contributed by atoms with van der Waals surface area (Å²) in [6, 6.07) is 11.3. The third-order valence-corrected chi connectivity index (χ3v) is 5.50. The molecular weight excluding hydrogens is 514 g/mol. The second-order valence-corrected chi connectivity index (χ2v) is 8.29. The Hall–Kier alpha value is -3.34. The van der Waals surface area contributed by atoms with Gasteiger partial charge in [0.15, 0.2) is 0 Å². The predicted molar refractivity (Wildman–Crippen MR) is 126 cm³/mol. The summed E-state index contributed by atoms with van der Waals surface area (Å²) in [6.45, 7) is 1.90. The molecule has 0 radical (unpaired) electrons. The molecule has 2 heterocycles. The van der Waals surface area contributed by atoms with Crippen LogP contribution in [-0.4, -0.2) is 15.5 Å². The minimum absolute atomic E-state index is 0.0166. The van der Waals surface area contributed by atoms with Crippen LogP contribution in [0.25, 0.3) is 10.9 Å². The summed E-state index contributed by atoms with van der Waals surface area (Å²) in [4.78, 5) is 28.1. The van der Waals surface area contributed by atoms with E-state index in [2.05, 4.69) is 10.3 Å². The fourth-order valence-electron chi connectivity index (χ4n) is 3.33. The second-order valence-electron chi connectivity index (χ2n) is 7.05. The van der Waals surface area contributed by atoms with Gasteiger partial charge in [0.05, 0.1) is 5.69 Å². The molecule has 31 heavy (non-hydrogen) atoms. The number of pyridine rings is 1. The number of H-pyrrole nitrogens is 1. The zero-order chi connectivity index (χ0) is 22.3. The number of fused-ring (bicyclic) bond motifs is 1. The number of carbonyl (C=O) groups is 1. The largest absolute Gasteiger partial charge is 0.455 e. The average Bonchev–Trinajstić information content (AvgIpc) is 3.16. The van der Waals surface area contributed by atoms with Crippen LogP contribution >= 0.6 is 22.6 Å². The van der Waals surface area contributed by atoms with Crippen LogP contribution in [0.4, 0.5) is 15.9 Å². The van der Waals surface area contributed by atoms with Crippen LogP contribution in [0.2, 0.25) is 0 Å². The molecule has 0 saturated heterocycles. The standard InChI is InChI=1S/C22H18FIN4O3/c1-11-7-16-13(5-6-26-16)17(8-11)31-18-10-19(29)28(2)22(20(18)21(25)30)27-15-4-3-12(24)9-14(15)23/h3-10,26-27H,1-2H3,(H2,25,30). The van der Waals surface area contributed by atoms with Gasteiger partial charge in [0, 0.05) is 33.8 Å². The molecule has 4 rings (SSSR count). The molecule has 158 valence electrons. The third-order valence-electron chi connectivity index (χ3n) is 4.83. The molecule has 0 aliphatic carbocycles. The van der Waals surface area contributed by atoms with E-state index in [1.165, 1.54) is 29.8 Å². The van der Waals surface area contributed by atoms with Crippen LogP contribution in [0.1, 0.15) is 15.9 Å². The molecule has 4 aromatic rings. The predicted octanol–water partition coefficient (Wildman–Crippen LogP) is 4.55. The summed E-state index contributed by atoms with van der Waals surface area (Å²) in [5.74, 6) is -0.880. The van der Waals surface area contributed by atoms with Gasteiger partial charge >= 0.3 is 0 Å². The fourth-order valence-corrected chi connectivity index (χ4v) is 3.79. The molecule has 0 fully saturated rings. The first kappa shape index (κ1) is 20.9. The van der Waals surface area contributed by atoms with Crippen molar-refractivity contribution in [2.75, 3.05) is 5.32 Å². The van der Waals surface area contributed by atoms with Crippen LogP contribution < -0.4 is 21.3 Å². The number of hydrogen-bond donors (Lipinski definition) is 3. The molecule has 2 aromatic heterocycles. The van der Waals surface area contributed by atoms with Crippen molar-refractivity contribution < 1.29 is 13.9 Å². The molecule has 0 unspecified atom stereocenters. The van der Waals surface area contributed by atoms with E-state index in [4.69, 9.17) is 10.5 Å². The molecule has 4 N–H and O–H groups in total. The number of nitrogens with one attached hydrogen (secondary N) is 2. The number of nitrogens with zero attached hydrogens (tertiary/aromatic N) is 1. The highest BCUT2D eigenvalue weighted by molar-refractivity contribution is 14.1. The highest BCUT2D eigenvalue weighted by Gasteiger charge is 2.22. The number of aryl methyl sites for hydroxylation is 1. The minimum Gasteiger partial charge on any atom is -0.455 e. The maximum atomic E-state index is 14.4. The summed E-state index contributed by atoms with van der Waals surface area (Å²) in [5, 5.41) is 3.60. The van der Waals surface area contributed by atoms with Gasteiger partial charge in [-0.15, -0.1) is 0 Å². The van der Waals surface area contributed by atoms with Gasteiger partial charge in [0.1, 0.15) is 28.7 Å². The Morgan fingerprint density at radius 1 is 1.19 bits per heavy atom. The molecule has 2 aromatic carbocycles. The molecular formula is C22H18FIN4O3. The first-order valence-electron chi connectivity index (χ1n) is 9.26. The lowest BCUT2D eigenvalue weighted by molar-refractivity contribution is 0.0998. The van der Waals surface area contributed by atoms with E-state index in [0.717, 1.165) is 16.5 Å². The monoisotopic (exact) mass is 532 g/mol. The van der Waals surface area contributed by atoms with Gasteiger partial charge in [-0.05, 0) is 71.5 Å². The van der Waals surface area contributed by atoms with E-state index in [0.29, 0.717) is 9.32 Å². The molecule has 0 saturated carbocycles. The van der Waals surface area contributed by atoms with Gasteiger partial charge < -0.3 is 20.8 Å². The minimum atomic E-state index is -0.822. The van der Waals surface area contributed by atoms with Crippen molar-refractivity contribution in [2.45, 2.75) is 6.92 Å². The number of hydrogen-bond acceptors (Lipinski definition) is 4. The van der Waals surface area contributed by atoms with Crippen molar-refractivity contribution in [3.05, 3.63) is 79.5 Å². The van der Waals surface area contributed by atoms with E-state index in [-0.39, 0.29) is 22.8 Å². The quantitative estimate of drug-likeness (QED) is 0.328. The Bertz CT molecular complexity index is 1390. The number of amides is 1. The number of nitrogens with two attached hydrogens (primary N) is 1. The summed E-state index contributed by atoms with van der Waals surface area (Å²) >= 11 is 1.99. The van der Waals surface area contributed by atoms with Gasteiger partial charge in [0.2, 0.25) is 0 Å². The zero-order valence-corrected chi connectivity index (χ0v) is 18.8. The highest BCUT2D eigenvalue weighted by atomic mass is 127. The maximum absolute atomic E-state index is 14.4. The summed E-state index contributed by atoms with van der Waals surface area (Å²) < 4.78 is 22.3. The molecule has 1 amide bonds. The van der Waals surface area contributed by atoms with Crippen molar-refractivity contribution in [3.8, 4) is 11.5 Å². The van der Waals surface area contributed by atoms with E-state index < -0.39 is 17.3 Å². The first-order valence-corrected chi connectivity index (χ1v) is 10.3. The number of rotatable bonds is 5. The zero-order valence-electron chi connectivity index (χ0n) is 16.6. The van der Waals surface area contributed by atoms with E-state index in [1.807, 2.05) is 41.6 Å². The third kappa shape index (κ3) is 4.00. The summed E-state index contributed by atoms with van der Waals surface area (Å²) in [5.41, 5.74) is 7.00. The van der Waals surface area contributed by atoms with Gasteiger partial charge in [-0.1, -0.05) is 0 Å². The summed E-state index contributed by atoms with van der Waals surface area (Å²) in [6.07, 6.45) is 1.77. The second kappa shape index (κ2) is 8.06. The summed E-state index contributed by atoms with van der Waals surface area (Å²) in [7, 11) is 1.46. The number of ether oxygens (including phenoxy) is 1. The molecule has 0 bridgehead atoms. The Morgan fingerprint density at radius 2 is 1.97 bits per heavy atom. The van der Waals surface area contributed by atoms with E-state index in [1.54, 1.807) is 18.3 Å². The van der Waals surface area contributed by atoms with Crippen molar-refractivity contribution in [1.29, 1.82) is 0 Å². The number of aromatic amines is 1. The van der Waals surface area contributed by atoms with Gasteiger partial charge in [0.25, 0.3) is 11.5 Å². The van der Waals surface area contributed by atoms with Crippen molar-refractivity contribution in [3.63, 3.8) is 0 Å². The van der Waals surface area contributed by atoms with Crippen LogP contribution in [0.15, 0.2) is 53.5 Å². The first-order chi connectivity index (χ1) is 14.7. The fraction of sp³-hybridized carbons (Fsp3) is 0.0909. The molecule has 7 nitrogen and oxygen atoms in total. The molecule has 0 atom stereocenters. The van der Waals surface area contributed by atoms with Crippen molar-refractivity contribution in [1.82, 2.24) is 9.55 Å². The lowest BCUT2D eigenvalue weighted by atomic mass is 10.1. The van der Waals surface area contributed by atoms with Crippen molar-refractivity contribution >= 4 is 50.9 Å². The van der Waals surface area contributed by atoms with Gasteiger partial charge in [-0.3, -0.25) is 14.2 Å². The van der Waals surface area contributed by atoms with E-state index >= 15 is 0 Å². The van der Waals surface area contributed by atoms with Crippen LogP contribution in [0.5, 0.6) is 11.5 Å². The normalized spacial score (nSPS) is 11.0. The number of anilines is 2.